The summed E-state index contributed by atoms with van der Waals surface area (Å²) in [6, 6.07) is 13.0. The first-order valence-corrected chi connectivity index (χ1v) is 8.93. The normalized spacial score (nSPS) is 9.92. The second-order valence-electron chi connectivity index (χ2n) is 5.49. The first-order chi connectivity index (χ1) is 12.1. The maximum atomic E-state index is 7.35. The van der Waals surface area contributed by atoms with Crippen molar-refractivity contribution in [3.63, 3.8) is 0 Å². The van der Waals surface area contributed by atoms with Crippen LogP contribution in [0.1, 0.15) is 24.8 Å². The van der Waals surface area contributed by atoms with Crippen molar-refractivity contribution in [2.45, 2.75) is 19.3 Å². The molecule has 0 atom stereocenters. The lowest BCUT2D eigenvalue weighted by atomic mass is 10.2. The highest BCUT2D eigenvalue weighted by molar-refractivity contribution is 9.10. The topological polar surface area (TPSA) is 77.6 Å². The fraction of sp³-hybridized carbons (Fsp3) is 0.316. The van der Waals surface area contributed by atoms with Crippen LogP contribution >= 0.6 is 28.3 Å². The number of hydrogen-bond acceptors (Lipinski definition) is 4. The van der Waals surface area contributed by atoms with Gasteiger partial charge in [0.2, 0.25) is 0 Å². The number of benzene rings is 2. The van der Waals surface area contributed by atoms with E-state index in [-0.39, 0.29) is 18.2 Å². The summed E-state index contributed by atoms with van der Waals surface area (Å²) in [6.45, 7) is 1.30. The Hall–Kier alpha value is -1.92. The number of unbranched alkanes of at least 4 members (excludes halogenated alkanes) is 2. The fourth-order valence-electron chi connectivity index (χ4n) is 2.24. The quantitative estimate of drug-likeness (QED) is 0.314. The van der Waals surface area contributed by atoms with E-state index in [0.717, 1.165) is 41.0 Å². The molecule has 0 bridgehead atoms. The standard InChI is InChI=1S/C19H23BrN2O3.ClH/c1-23-18-13-15(20)7-10-17(18)25-12-4-2-3-11-24-16-8-5-14(6-9-16)19(21)22;/h5-10,13H,2-4,11-12H2,1H3,(H3,21,22);1H. The summed E-state index contributed by atoms with van der Waals surface area (Å²) in [6.07, 6.45) is 2.92. The van der Waals surface area contributed by atoms with E-state index in [1.54, 1.807) is 19.2 Å². The number of amidine groups is 1. The summed E-state index contributed by atoms with van der Waals surface area (Å²) >= 11 is 3.41. The molecule has 0 saturated heterocycles. The van der Waals surface area contributed by atoms with Crippen molar-refractivity contribution in [3.05, 3.63) is 52.5 Å². The van der Waals surface area contributed by atoms with Crippen LogP contribution in [0.5, 0.6) is 17.2 Å². The van der Waals surface area contributed by atoms with Gasteiger partial charge in [-0.3, -0.25) is 5.41 Å². The number of ether oxygens (including phenoxy) is 3. The lowest BCUT2D eigenvalue weighted by molar-refractivity contribution is 0.270. The minimum atomic E-state index is 0. The van der Waals surface area contributed by atoms with E-state index in [1.165, 1.54) is 0 Å². The Balaban J connectivity index is 0.00000338. The third-order valence-electron chi connectivity index (χ3n) is 3.61. The number of nitrogens with two attached hydrogens (primary N) is 1. The van der Waals surface area contributed by atoms with Gasteiger partial charge in [-0.05, 0) is 61.7 Å². The summed E-state index contributed by atoms with van der Waals surface area (Å²) in [4.78, 5) is 0. The van der Waals surface area contributed by atoms with Gasteiger partial charge in [-0.15, -0.1) is 12.4 Å². The Bertz CT molecular complexity index is 696. The molecule has 2 aromatic carbocycles. The number of hydrogen-bond donors (Lipinski definition) is 2. The van der Waals surface area contributed by atoms with Crippen molar-refractivity contribution in [3.8, 4) is 17.2 Å². The lowest BCUT2D eigenvalue weighted by Gasteiger charge is -2.11. The monoisotopic (exact) mass is 442 g/mol. The van der Waals surface area contributed by atoms with Gasteiger partial charge in [-0.1, -0.05) is 15.9 Å². The third-order valence-corrected chi connectivity index (χ3v) is 4.10. The molecule has 5 nitrogen and oxygen atoms in total. The zero-order valence-electron chi connectivity index (χ0n) is 14.7. The van der Waals surface area contributed by atoms with E-state index >= 15 is 0 Å². The summed E-state index contributed by atoms with van der Waals surface area (Å²) in [5.74, 6) is 2.34. The highest BCUT2D eigenvalue weighted by atomic mass is 79.9. The van der Waals surface area contributed by atoms with Crippen LogP contribution in [0.3, 0.4) is 0 Å². The molecule has 2 rings (SSSR count). The zero-order chi connectivity index (χ0) is 18.1. The minimum Gasteiger partial charge on any atom is -0.494 e. The molecule has 0 heterocycles. The molecule has 3 N–H and O–H groups in total. The summed E-state index contributed by atoms with van der Waals surface area (Å²) < 4.78 is 17.7. The number of nitrogen functional groups attached to an aromatic ring is 1. The van der Waals surface area contributed by atoms with Gasteiger partial charge in [0.1, 0.15) is 11.6 Å². The van der Waals surface area contributed by atoms with E-state index in [0.29, 0.717) is 18.8 Å². The van der Waals surface area contributed by atoms with Crippen LogP contribution < -0.4 is 19.9 Å². The molecule has 0 amide bonds. The van der Waals surface area contributed by atoms with Gasteiger partial charge >= 0.3 is 0 Å². The molecule has 0 radical (unpaired) electrons. The highest BCUT2D eigenvalue weighted by Gasteiger charge is 2.04. The molecule has 26 heavy (non-hydrogen) atoms. The SMILES string of the molecule is COc1cc(Br)ccc1OCCCCCOc1ccc(C(=N)N)cc1.Cl. The maximum absolute atomic E-state index is 7.35. The van der Waals surface area contributed by atoms with E-state index in [4.69, 9.17) is 25.4 Å². The number of halogens is 2. The number of nitrogens with one attached hydrogen (secondary N) is 1. The Morgan fingerprint density at radius 3 is 2.23 bits per heavy atom. The molecule has 142 valence electrons. The van der Waals surface area contributed by atoms with Crippen molar-refractivity contribution in [2.24, 2.45) is 5.73 Å². The fourth-order valence-corrected chi connectivity index (χ4v) is 2.58. The van der Waals surface area contributed by atoms with Gasteiger partial charge in [0.25, 0.3) is 0 Å². The first kappa shape index (κ1) is 22.1. The molecule has 0 unspecified atom stereocenters. The van der Waals surface area contributed by atoms with Gasteiger partial charge in [0.05, 0.1) is 20.3 Å². The Morgan fingerprint density at radius 1 is 0.962 bits per heavy atom. The molecule has 0 aliphatic heterocycles. The van der Waals surface area contributed by atoms with Crippen LogP contribution in [0.15, 0.2) is 46.9 Å². The minimum absolute atomic E-state index is 0. The van der Waals surface area contributed by atoms with E-state index in [2.05, 4.69) is 15.9 Å². The molecule has 0 saturated carbocycles. The van der Waals surface area contributed by atoms with E-state index in [1.807, 2.05) is 30.3 Å². The molecule has 2 aromatic rings. The van der Waals surface area contributed by atoms with Crippen molar-refractivity contribution < 1.29 is 14.2 Å². The first-order valence-electron chi connectivity index (χ1n) is 8.14. The number of methoxy groups -OCH3 is 1. The molecular weight excluding hydrogens is 420 g/mol. The molecule has 0 aliphatic rings. The Kier molecular flexibility index (Phi) is 9.91. The maximum Gasteiger partial charge on any atom is 0.161 e. The summed E-state index contributed by atoms with van der Waals surface area (Å²) in [7, 11) is 1.63. The van der Waals surface area contributed by atoms with Crippen molar-refractivity contribution in [1.29, 1.82) is 5.41 Å². The second kappa shape index (κ2) is 11.6. The zero-order valence-corrected chi connectivity index (χ0v) is 17.1. The van der Waals surface area contributed by atoms with Gasteiger partial charge in [0, 0.05) is 10.0 Å². The van der Waals surface area contributed by atoms with Gasteiger partial charge in [0.15, 0.2) is 11.5 Å². The lowest BCUT2D eigenvalue weighted by Crippen LogP contribution is -2.10. The average molecular weight is 444 g/mol. The molecule has 0 aliphatic carbocycles. The average Bonchev–Trinajstić information content (AvgIpc) is 2.62. The van der Waals surface area contributed by atoms with E-state index < -0.39 is 0 Å². The Labute approximate surface area is 168 Å². The predicted octanol–water partition coefficient (Wildman–Crippen LogP) is 4.79. The van der Waals surface area contributed by atoms with Gasteiger partial charge < -0.3 is 19.9 Å². The van der Waals surface area contributed by atoms with Crippen molar-refractivity contribution in [1.82, 2.24) is 0 Å². The van der Waals surface area contributed by atoms with Crippen LogP contribution in [0.2, 0.25) is 0 Å². The van der Waals surface area contributed by atoms with Crippen molar-refractivity contribution in [2.75, 3.05) is 20.3 Å². The third kappa shape index (κ3) is 7.14. The van der Waals surface area contributed by atoms with Crippen molar-refractivity contribution >= 4 is 34.2 Å². The van der Waals surface area contributed by atoms with Crippen LogP contribution in [0.4, 0.5) is 0 Å². The van der Waals surface area contributed by atoms with Crippen LogP contribution in [-0.2, 0) is 0 Å². The molecule has 7 heteroatoms. The van der Waals surface area contributed by atoms with Crippen LogP contribution in [0.25, 0.3) is 0 Å². The Morgan fingerprint density at radius 2 is 1.62 bits per heavy atom. The second-order valence-corrected chi connectivity index (χ2v) is 6.41. The van der Waals surface area contributed by atoms with Crippen LogP contribution in [0, 0.1) is 5.41 Å². The van der Waals surface area contributed by atoms with Crippen LogP contribution in [-0.4, -0.2) is 26.2 Å². The largest absolute Gasteiger partial charge is 0.494 e. The van der Waals surface area contributed by atoms with E-state index in [9.17, 15) is 0 Å². The van der Waals surface area contributed by atoms with Gasteiger partial charge in [-0.25, -0.2) is 0 Å². The van der Waals surface area contributed by atoms with Gasteiger partial charge in [-0.2, -0.15) is 0 Å². The summed E-state index contributed by atoms with van der Waals surface area (Å²) in [5.41, 5.74) is 6.12. The number of rotatable bonds is 10. The molecule has 0 fully saturated rings. The molecule has 0 spiro atoms. The summed E-state index contributed by atoms with van der Waals surface area (Å²) in [5, 5.41) is 7.35. The predicted molar refractivity (Wildman–Crippen MR) is 110 cm³/mol. The highest BCUT2D eigenvalue weighted by Crippen LogP contribution is 2.30. The molecule has 0 aromatic heterocycles. The smallest absolute Gasteiger partial charge is 0.161 e. The molecular formula is C19H24BrClN2O3.